The highest BCUT2D eigenvalue weighted by Crippen LogP contribution is 2.38. The maximum absolute atomic E-state index is 12.8. The van der Waals surface area contributed by atoms with Gasteiger partial charge >= 0.3 is 6.18 Å². The molecule has 0 saturated heterocycles. The molecule has 2 rings (SSSR count). The van der Waals surface area contributed by atoms with Gasteiger partial charge in [0.25, 0.3) is 9.05 Å². The minimum atomic E-state index is -4.65. The molecule has 0 aliphatic carbocycles. The van der Waals surface area contributed by atoms with E-state index in [0.717, 1.165) is 18.2 Å². The van der Waals surface area contributed by atoms with E-state index in [-0.39, 0.29) is 0 Å². The van der Waals surface area contributed by atoms with Crippen LogP contribution >= 0.6 is 10.7 Å². The molecule has 0 aliphatic rings. The summed E-state index contributed by atoms with van der Waals surface area (Å²) in [5.74, 6) is -1.09. The van der Waals surface area contributed by atoms with Gasteiger partial charge in [-0.05, 0) is 24.3 Å². The van der Waals surface area contributed by atoms with Gasteiger partial charge in [0.15, 0.2) is 0 Å². The van der Waals surface area contributed by atoms with Gasteiger partial charge in [-0.3, -0.25) is 0 Å². The molecule has 0 aliphatic heterocycles. The van der Waals surface area contributed by atoms with Crippen LogP contribution in [-0.2, 0) is 15.2 Å². The van der Waals surface area contributed by atoms with Crippen LogP contribution in [0.5, 0.6) is 11.6 Å². The fourth-order valence-corrected chi connectivity index (χ4v) is 2.43. The van der Waals surface area contributed by atoms with Crippen molar-refractivity contribution < 1.29 is 26.3 Å². The number of hydrogen-bond donors (Lipinski definition) is 0. The fraction of sp³-hybridized carbons (Fsp3) is 0.0833. The summed E-state index contributed by atoms with van der Waals surface area (Å²) >= 11 is 0. The molecule has 1 heterocycles. The van der Waals surface area contributed by atoms with E-state index in [1.54, 1.807) is 0 Å². The van der Waals surface area contributed by atoms with Crippen molar-refractivity contribution in [2.75, 3.05) is 0 Å². The third kappa shape index (κ3) is 3.64. The van der Waals surface area contributed by atoms with Crippen molar-refractivity contribution in [3.05, 3.63) is 48.2 Å². The molecule has 0 bridgehead atoms. The van der Waals surface area contributed by atoms with Crippen LogP contribution in [-0.4, -0.2) is 13.4 Å². The Morgan fingerprint density at radius 1 is 1.10 bits per heavy atom. The second-order valence-electron chi connectivity index (χ2n) is 3.84. The highest BCUT2D eigenvalue weighted by Gasteiger charge is 2.34. The zero-order valence-corrected chi connectivity index (χ0v) is 11.7. The van der Waals surface area contributed by atoms with Crippen LogP contribution in [0, 0.1) is 0 Å². The number of pyridine rings is 1. The molecule has 112 valence electrons. The largest absolute Gasteiger partial charge is 0.437 e. The van der Waals surface area contributed by atoms with E-state index in [1.807, 2.05) is 0 Å². The summed E-state index contributed by atoms with van der Waals surface area (Å²) in [5.41, 5.74) is -1.05. The number of aromatic nitrogens is 1. The SMILES string of the molecule is O=S(=O)(Cl)c1cccnc1Oc1ccccc1C(F)(F)F. The third-order valence-electron chi connectivity index (χ3n) is 2.40. The van der Waals surface area contributed by atoms with Crippen LogP contribution < -0.4 is 4.74 Å². The summed E-state index contributed by atoms with van der Waals surface area (Å²) < 4.78 is 66.2. The number of benzene rings is 1. The van der Waals surface area contributed by atoms with Crippen LogP contribution in [0.3, 0.4) is 0 Å². The molecular formula is C12H7ClF3NO3S. The van der Waals surface area contributed by atoms with E-state index in [0.29, 0.717) is 0 Å². The summed E-state index contributed by atoms with van der Waals surface area (Å²) in [6, 6.07) is 6.74. The normalized spacial score (nSPS) is 12.2. The minimum absolute atomic E-state index is 0.511. The number of nitrogens with zero attached hydrogens (tertiary/aromatic N) is 1. The molecule has 21 heavy (non-hydrogen) atoms. The quantitative estimate of drug-likeness (QED) is 0.799. The lowest BCUT2D eigenvalue weighted by Crippen LogP contribution is -2.07. The summed E-state index contributed by atoms with van der Waals surface area (Å²) in [7, 11) is 0.991. The molecule has 0 spiro atoms. The zero-order chi connectivity index (χ0) is 15.7. The van der Waals surface area contributed by atoms with E-state index in [9.17, 15) is 21.6 Å². The Kier molecular flexibility index (Phi) is 4.11. The van der Waals surface area contributed by atoms with E-state index < -0.39 is 37.3 Å². The fourth-order valence-electron chi connectivity index (χ4n) is 1.53. The molecule has 0 fully saturated rings. The molecule has 1 aromatic heterocycles. The van der Waals surface area contributed by atoms with E-state index in [2.05, 4.69) is 4.98 Å². The first-order valence-corrected chi connectivity index (χ1v) is 7.74. The van der Waals surface area contributed by atoms with Crippen LogP contribution in [0.2, 0.25) is 0 Å². The summed E-state index contributed by atoms with van der Waals surface area (Å²) in [5, 5.41) is 0. The van der Waals surface area contributed by atoms with Crippen molar-refractivity contribution in [1.29, 1.82) is 0 Å². The first kappa shape index (κ1) is 15.6. The molecule has 0 amide bonds. The van der Waals surface area contributed by atoms with Crippen LogP contribution in [0.25, 0.3) is 0 Å². The number of para-hydroxylation sites is 1. The van der Waals surface area contributed by atoms with Crippen LogP contribution in [0.1, 0.15) is 5.56 Å². The van der Waals surface area contributed by atoms with Gasteiger partial charge < -0.3 is 4.74 Å². The van der Waals surface area contributed by atoms with E-state index >= 15 is 0 Å². The molecule has 1 aromatic carbocycles. The van der Waals surface area contributed by atoms with Gasteiger partial charge in [-0.2, -0.15) is 13.2 Å². The molecule has 0 radical (unpaired) electrons. The molecule has 2 aromatic rings. The van der Waals surface area contributed by atoms with E-state index in [1.165, 1.54) is 24.4 Å². The average molecular weight is 338 g/mol. The van der Waals surface area contributed by atoms with Gasteiger partial charge in [-0.15, -0.1) is 0 Å². The van der Waals surface area contributed by atoms with Crippen molar-refractivity contribution in [1.82, 2.24) is 4.98 Å². The van der Waals surface area contributed by atoms with Crippen molar-refractivity contribution in [3.8, 4) is 11.6 Å². The first-order chi connectivity index (χ1) is 9.69. The highest BCUT2D eigenvalue weighted by molar-refractivity contribution is 8.13. The van der Waals surface area contributed by atoms with Crippen molar-refractivity contribution in [3.63, 3.8) is 0 Å². The average Bonchev–Trinajstić information content (AvgIpc) is 2.37. The van der Waals surface area contributed by atoms with E-state index in [4.69, 9.17) is 15.4 Å². The zero-order valence-electron chi connectivity index (χ0n) is 10.1. The predicted molar refractivity (Wildman–Crippen MR) is 68.8 cm³/mol. The third-order valence-corrected chi connectivity index (χ3v) is 3.73. The van der Waals surface area contributed by atoms with Crippen LogP contribution in [0.4, 0.5) is 13.2 Å². The van der Waals surface area contributed by atoms with Gasteiger partial charge in [-0.25, -0.2) is 13.4 Å². The molecule has 0 saturated carbocycles. The van der Waals surface area contributed by atoms with Gasteiger partial charge in [0, 0.05) is 16.9 Å². The summed E-state index contributed by atoms with van der Waals surface area (Å²) in [6.07, 6.45) is -3.47. The smallest absolute Gasteiger partial charge is 0.419 e. The Labute approximate surface area is 122 Å². The topological polar surface area (TPSA) is 56.3 Å². The van der Waals surface area contributed by atoms with Gasteiger partial charge in [0.2, 0.25) is 5.88 Å². The number of halogens is 4. The molecule has 0 unspecified atom stereocenters. The molecule has 0 atom stereocenters. The van der Waals surface area contributed by atoms with Gasteiger partial charge in [-0.1, -0.05) is 12.1 Å². The minimum Gasteiger partial charge on any atom is -0.437 e. The van der Waals surface area contributed by atoms with Crippen molar-refractivity contribution in [2.45, 2.75) is 11.1 Å². The highest BCUT2D eigenvalue weighted by atomic mass is 35.7. The Morgan fingerprint density at radius 2 is 1.76 bits per heavy atom. The maximum atomic E-state index is 12.8. The van der Waals surface area contributed by atoms with Crippen molar-refractivity contribution in [2.24, 2.45) is 0 Å². The number of hydrogen-bond acceptors (Lipinski definition) is 4. The standard InChI is InChI=1S/C12H7ClF3NO3S/c13-21(18,19)10-6-3-7-17-11(10)20-9-5-2-1-4-8(9)12(14,15)16/h1-7H. The lowest BCUT2D eigenvalue weighted by atomic mass is 10.2. The number of rotatable bonds is 3. The van der Waals surface area contributed by atoms with Crippen LogP contribution in [0.15, 0.2) is 47.5 Å². The lowest BCUT2D eigenvalue weighted by Gasteiger charge is -2.13. The number of ether oxygens (including phenoxy) is 1. The Morgan fingerprint density at radius 3 is 2.38 bits per heavy atom. The Balaban J connectivity index is 2.50. The number of alkyl halides is 3. The second-order valence-corrected chi connectivity index (χ2v) is 6.37. The maximum Gasteiger partial charge on any atom is 0.419 e. The molecule has 0 N–H and O–H groups in total. The molecule has 4 nitrogen and oxygen atoms in total. The molecular weight excluding hydrogens is 331 g/mol. The Hall–Kier alpha value is -1.80. The summed E-state index contributed by atoms with van der Waals surface area (Å²) in [4.78, 5) is 3.10. The monoisotopic (exact) mass is 337 g/mol. The van der Waals surface area contributed by atoms with Crippen molar-refractivity contribution >= 4 is 19.7 Å². The predicted octanol–water partition coefficient (Wildman–Crippen LogP) is 3.82. The Bertz CT molecular complexity index is 762. The molecule has 9 heteroatoms. The summed E-state index contributed by atoms with van der Waals surface area (Å²) in [6.45, 7) is 0. The van der Waals surface area contributed by atoms with Gasteiger partial charge in [0.05, 0.1) is 5.56 Å². The second kappa shape index (κ2) is 5.53. The first-order valence-electron chi connectivity index (χ1n) is 5.43. The lowest BCUT2D eigenvalue weighted by molar-refractivity contribution is -0.138. The van der Waals surface area contributed by atoms with Gasteiger partial charge in [0.1, 0.15) is 10.6 Å².